The number of hydrogen-bond acceptors (Lipinski definition) is 7. The largest absolute Gasteiger partial charge is 0.497 e. The van der Waals surface area contributed by atoms with Crippen molar-refractivity contribution in [3.8, 4) is 34.8 Å². The van der Waals surface area contributed by atoms with Crippen LogP contribution in [0, 0.1) is 11.3 Å². The van der Waals surface area contributed by atoms with Crippen molar-refractivity contribution in [1.82, 2.24) is 0 Å². The number of methoxy groups -OCH3 is 3. The highest BCUT2D eigenvalue weighted by Gasteiger charge is 2.12. The Kier molecular flexibility index (Phi) is 9.14. The van der Waals surface area contributed by atoms with Gasteiger partial charge in [0.15, 0.2) is 11.5 Å². The standard InChI is InChI=1S/C28H27NO6/c1-31-23-9-7-21(8-10-23)22(19-29)17-20-6-15-26(27(18-20)33-3)35-28(30)5-4-16-34-25-13-11-24(32-2)12-14-25/h6-15,17-18H,4-5,16H2,1-3H3/b22-17-. The first kappa shape index (κ1) is 25.2. The normalized spacial score (nSPS) is 10.7. The maximum Gasteiger partial charge on any atom is 0.311 e. The number of allylic oxidation sites excluding steroid dienone is 1. The summed E-state index contributed by atoms with van der Waals surface area (Å²) in [6.07, 6.45) is 2.44. The van der Waals surface area contributed by atoms with E-state index in [0.717, 1.165) is 16.9 Å². The van der Waals surface area contributed by atoms with Crippen LogP contribution in [-0.2, 0) is 4.79 Å². The lowest BCUT2D eigenvalue weighted by Crippen LogP contribution is -2.10. The van der Waals surface area contributed by atoms with Gasteiger partial charge in [-0.2, -0.15) is 5.26 Å². The third-order valence-electron chi connectivity index (χ3n) is 5.10. The first-order valence-electron chi connectivity index (χ1n) is 11.0. The molecule has 0 saturated heterocycles. The Bertz CT molecular complexity index is 1190. The predicted molar refractivity (Wildman–Crippen MR) is 133 cm³/mol. The van der Waals surface area contributed by atoms with Gasteiger partial charge < -0.3 is 23.7 Å². The van der Waals surface area contributed by atoms with Crippen molar-refractivity contribution >= 4 is 17.6 Å². The average Bonchev–Trinajstić information content (AvgIpc) is 2.90. The molecule has 0 fully saturated rings. The van der Waals surface area contributed by atoms with Crippen molar-refractivity contribution in [2.45, 2.75) is 12.8 Å². The number of rotatable bonds is 11. The highest BCUT2D eigenvalue weighted by molar-refractivity contribution is 5.90. The monoisotopic (exact) mass is 473 g/mol. The maximum atomic E-state index is 12.3. The van der Waals surface area contributed by atoms with E-state index in [1.807, 2.05) is 36.4 Å². The van der Waals surface area contributed by atoms with E-state index in [1.165, 1.54) is 7.11 Å². The van der Waals surface area contributed by atoms with Crippen LogP contribution in [0.15, 0.2) is 66.7 Å². The highest BCUT2D eigenvalue weighted by Crippen LogP contribution is 2.30. The second-order valence-electron chi connectivity index (χ2n) is 7.41. The summed E-state index contributed by atoms with van der Waals surface area (Å²) in [6.45, 7) is 0.380. The SMILES string of the molecule is COc1ccc(OCCCC(=O)Oc2ccc(/C=C(/C#N)c3ccc(OC)cc3)cc2OC)cc1. The lowest BCUT2D eigenvalue weighted by Gasteiger charge is -2.11. The van der Waals surface area contributed by atoms with Crippen molar-refractivity contribution in [3.63, 3.8) is 0 Å². The first-order chi connectivity index (χ1) is 17.1. The van der Waals surface area contributed by atoms with Crippen LogP contribution in [-0.4, -0.2) is 33.9 Å². The molecule has 0 bridgehead atoms. The minimum Gasteiger partial charge on any atom is -0.497 e. The molecule has 0 amide bonds. The molecule has 0 unspecified atom stereocenters. The van der Waals surface area contributed by atoms with Gasteiger partial charge in [0.2, 0.25) is 0 Å². The van der Waals surface area contributed by atoms with Crippen LogP contribution in [0.1, 0.15) is 24.0 Å². The predicted octanol–water partition coefficient (Wildman–Crippen LogP) is 5.54. The maximum absolute atomic E-state index is 12.3. The highest BCUT2D eigenvalue weighted by atomic mass is 16.6. The van der Waals surface area contributed by atoms with E-state index >= 15 is 0 Å². The number of nitriles is 1. The zero-order valence-corrected chi connectivity index (χ0v) is 19.9. The fourth-order valence-electron chi connectivity index (χ4n) is 3.23. The summed E-state index contributed by atoms with van der Waals surface area (Å²) in [4.78, 5) is 12.3. The fraction of sp³-hybridized carbons (Fsp3) is 0.214. The van der Waals surface area contributed by atoms with Gasteiger partial charge in [-0.05, 0) is 84.3 Å². The molecule has 3 rings (SSSR count). The molecule has 0 N–H and O–H groups in total. The molecule has 0 saturated carbocycles. The molecule has 7 heteroatoms. The van der Waals surface area contributed by atoms with Gasteiger partial charge in [-0.1, -0.05) is 6.07 Å². The van der Waals surface area contributed by atoms with E-state index in [-0.39, 0.29) is 12.4 Å². The number of hydrogen-bond donors (Lipinski definition) is 0. The van der Waals surface area contributed by atoms with Crippen molar-refractivity contribution in [2.24, 2.45) is 0 Å². The van der Waals surface area contributed by atoms with Crippen molar-refractivity contribution in [3.05, 3.63) is 77.9 Å². The minimum absolute atomic E-state index is 0.191. The van der Waals surface area contributed by atoms with Gasteiger partial charge in [0.25, 0.3) is 0 Å². The topological polar surface area (TPSA) is 87.0 Å². The Balaban J connectivity index is 1.58. The van der Waals surface area contributed by atoms with Gasteiger partial charge in [-0.15, -0.1) is 0 Å². The van der Waals surface area contributed by atoms with Gasteiger partial charge in [-0.3, -0.25) is 4.79 Å². The first-order valence-corrected chi connectivity index (χ1v) is 11.0. The van der Waals surface area contributed by atoms with E-state index in [9.17, 15) is 10.1 Å². The van der Waals surface area contributed by atoms with Gasteiger partial charge in [0.05, 0.1) is 39.6 Å². The minimum atomic E-state index is -0.388. The molecule has 7 nitrogen and oxygen atoms in total. The number of carbonyl (C=O) groups is 1. The van der Waals surface area contributed by atoms with Crippen LogP contribution in [0.25, 0.3) is 11.6 Å². The second-order valence-corrected chi connectivity index (χ2v) is 7.41. The molecule has 3 aromatic rings. The van der Waals surface area contributed by atoms with Crippen LogP contribution in [0.5, 0.6) is 28.7 Å². The Morgan fingerprint density at radius 1 is 0.829 bits per heavy atom. The fourth-order valence-corrected chi connectivity index (χ4v) is 3.23. The van der Waals surface area contributed by atoms with E-state index in [4.69, 9.17) is 23.7 Å². The molecule has 180 valence electrons. The van der Waals surface area contributed by atoms with Crippen LogP contribution in [0.3, 0.4) is 0 Å². The molecule has 0 aromatic heterocycles. The lowest BCUT2D eigenvalue weighted by atomic mass is 10.0. The number of esters is 1. The number of nitrogens with zero attached hydrogens (tertiary/aromatic N) is 1. The van der Waals surface area contributed by atoms with Crippen molar-refractivity contribution < 1.29 is 28.5 Å². The third kappa shape index (κ3) is 7.27. The summed E-state index contributed by atoms with van der Waals surface area (Å²) in [5, 5.41) is 9.60. The summed E-state index contributed by atoms with van der Waals surface area (Å²) in [7, 11) is 4.69. The molecule has 0 spiro atoms. The van der Waals surface area contributed by atoms with Crippen molar-refractivity contribution in [2.75, 3.05) is 27.9 Å². The molecule has 35 heavy (non-hydrogen) atoms. The van der Waals surface area contributed by atoms with E-state index < -0.39 is 0 Å². The summed E-state index contributed by atoms with van der Waals surface area (Å²) in [5.74, 6) is 2.49. The Morgan fingerprint density at radius 2 is 1.46 bits per heavy atom. The second kappa shape index (κ2) is 12.7. The molecule has 3 aromatic carbocycles. The Labute approximate surface area is 205 Å². The molecule has 0 heterocycles. The number of carbonyl (C=O) groups excluding carboxylic acids is 1. The van der Waals surface area contributed by atoms with Gasteiger partial charge in [-0.25, -0.2) is 0 Å². The van der Waals surface area contributed by atoms with E-state index in [1.54, 1.807) is 50.6 Å². The van der Waals surface area contributed by atoms with Crippen molar-refractivity contribution in [1.29, 1.82) is 5.26 Å². The summed E-state index contributed by atoms with van der Waals surface area (Å²) >= 11 is 0. The smallest absolute Gasteiger partial charge is 0.311 e. The number of ether oxygens (including phenoxy) is 5. The van der Waals surface area contributed by atoms with Gasteiger partial charge >= 0.3 is 5.97 Å². The van der Waals surface area contributed by atoms with Crippen LogP contribution in [0.4, 0.5) is 0 Å². The molecule has 0 atom stereocenters. The molecule has 0 radical (unpaired) electrons. The van der Waals surface area contributed by atoms with Crippen LogP contribution in [0.2, 0.25) is 0 Å². The molecule has 0 aliphatic rings. The summed E-state index contributed by atoms with van der Waals surface area (Å²) < 4.78 is 26.8. The van der Waals surface area contributed by atoms with E-state index in [0.29, 0.717) is 41.6 Å². The quantitative estimate of drug-likeness (QED) is 0.119. The van der Waals surface area contributed by atoms with Crippen LogP contribution >= 0.6 is 0 Å². The zero-order chi connectivity index (χ0) is 25.0. The number of benzene rings is 3. The molecular weight excluding hydrogens is 446 g/mol. The lowest BCUT2D eigenvalue weighted by molar-refractivity contribution is -0.134. The Hall–Kier alpha value is -4.44. The average molecular weight is 474 g/mol. The van der Waals surface area contributed by atoms with E-state index in [2.05, 4.69) is 6.07 Å². The molecule has 0 aliphatic heterocycles. The molecular formula is C28H27NO6. The Morgan fingerprint density at radius 3 is 2.06 bits per heavy atom. The summed E-state index contributed by atoms with van der Waals surface area (Å²) in [5.41, 5.74) is 1.98. The van der Waals surface area contributed by atoms with Gasteiger partial charge in [0, 0.05) is 6.42 Å². The van der Waals surface area contributed by atoms with Crippen LogP contribution < -0.4 is 23.7 Å². The third-order valence-corrected chi connectivity index (χ3v) is 5.10. The summed E-state index contributed by atoms with van der Waals surface area (Å²) in [6, 6.07) is 21.8. The zero-order valence-electron chi connectivity index (χ0n) is 19.9. The van der Waals surface area contributed by atoms with Gasteiger partial charge in [0.1, 0.15) is 17.2 Å². The molecule has 0 aliphatic carbocycles.